The first-order chi connectivity index (χ1) is 18.3. The molecule has 4 heterocycles. The number of hydrogen-bond acceptors (Lipinski definition) is 4. The second-order valence-electron chi connectivity index (χ2n) is 11.3. The van der Waals surface area contributed by atoms with Crippen LogP contribution in [0.3, 0.4) is 0 Å². The SMILES string of the molecule is C=Nn1cc(-c2[nH]c3ccc(C4CCN(C(=O)CCN5CCC5)CC4)cc3c2C(C)C)c(C)c(C)c1=NC. The van der Waals surface area contributed by atoms with Gasteiger partial charge in [0.05, 0.1) is 5.69 Å². The third-order valence-corrected chi connectivity index (χ3v) is 8.75. The molecule has 202 valence electrons. The number of benzene rings is 1. The van der Waals surface area contributed by atoms with Gasteiger partial charge < -0.3 is 14.8 Å². The number of likely N-dealkylation sites (tertiary alicyclic amines) is 2. The predicted octanol–water partition coefficient (Wildman–Crippen LogP) is 5.17. The van der Waals surface area contributed by atoms with Gasteiger partial charge in [0, 0.05) is 62.5 Å². The monoisotopic (exact) mass is 514 g/mol. The number of piperidine rings is 1. The van der Waals surface area contributed by atoms with E-state index in [1.54, 1.807) is 11.7 Å². The maximum Gasteiger partial charge on any atom is 0.223 e. The standard InChI is InChI=1S/C31H42N6O/c1-20(2)29-25-18-24(23-10-16-36(17-11-23)28(38)12-15-35-13-7-14-35)8-9-27(25)34-30(29)26-19-37(33-6)31(32-5)22(4)21(26)3/h8-9,18-20,23,34H,6-7,10-17H2,1-5H3. The van der Waals surface area contributed by atoms with Gasteiger partial charge in [-0.05, 0) is 92.4 Å². The first-order valence-electron chi connectivity index (χ1n) is 14.1. The van der Waals surface area contributed by atoms with E-state index in [0.29, 0.717) is 24.2 Å². The number of H-pyrrole nitrogens is 1. The summed E-state index contributed by atoms with van der Waals surface area (Å²) in [6.45, 7) is 17.5. The number of hydrogen-bond donors (Lipinski definition) is 1. The molecule has 0 spiro atoms. The largest absolute Gasteiger partial charge is 0.354 e. The first kappa shape index (κ1) is 26.4. The number of aromatic amines is 1. The van der Waals surface area contributed by atoms with E-state index in [0.717, 1.165) is 73.4 Å². The summed E-state index contributed by atoms with van der Waals surface area (Å²) in [5.41, 5.74) is 9.29. The van der Waals surface area contributed by atoms with Gasteiger partial charge in [-0.25, -0.2) is 4.68 Å². The summed E-state index contributed by atoms with van der Waals surface area (Å²) in [5, 5.41) is 5.50. The van der Waals surface area contributed by atoms with E-state index in [4.69, 9.17) is 0 Å². The topological polar surface area (TPSA) is 69.0 Å². The lowest BCUT2D eigenvalue weighted by Gasteiger charge is -2.34. The van der Waals surface area contributed by atoms with Crippen LogP contribution in [-0.2, 0) is 4.79 Å². The first-order valence-corrected chi connectivity index (χ1v) is 14.1. The molecule has 0 atom stereocenters. The van der Waals surface area contributed by atoms with Crippen LogP contribution in [0.25, 0.3) is 22.2 Å². The Balaban J connectivity index is 1.42. The Morgan fingerprint density at radius 2 is 1.87 bits per heavy atom. The summed E-state index contributed by atoms with van der Waals surface area (Å²) in [6.07, 6.45) is 6.04. The molecule has 2 saturated heterocycles. The van der Waals surface area contributed by atoms with Crippen molar-refractivity contribution in [3.63, 3.8) is 0 Å². The highest BCUT2D eigenvalue weighted by atomic mass is 16.2. The maximum absolute atomic E-state index is 12.7. The summed E-state index contributed by atoms with van der Waals surface area (Å²) in [5.74, 6) is 1.15. The van der Waals surface area contributed by atoms with E-state index in [9.17, 15) is 4.79 Å². The molecular formula is C31H42N6O. The second-order valence-corrected chi connectivity index (χ2v) is 11.3. The Labute approximate surface area is 226 Å². The van der Waals surface area contributed by atoms with Crippen LogP contribution in [0, 0.1) is 13.8 Å². The van der Waals surface area contributed by atoms with Gasteiger partial charge in [-0.3, -0.25) is 9.79 Å². The Hall–Kier alpha value is -3.19. The van der Waals surface area contributed by atoms with Gasteiger partial charge >= 0.3 is 0 Å². The molecule has 7 nitrogen and oxygen atoms in total. The molecular weight excluding hydrogens is 472 g/mol. The van der Waals surface area contributed by atoms with Crippen molar-refractivity contribution >= 4 is 23.5 Å². The molecule has 2 aliphatic heterocycles. The number of fused-ring (bicyclic) bond motifs is 1. The fraction of sp³-hybridized carbons (Fsp3) is 0.516. The smallest absolute Gasteiger partial charge is 0.223 e. The van der Waals surface area contributed by atoms with Gasteiger partial charge in [0.25, 0.3) is 0 Å². The van der Waals surface area contributed by atoms with E-state index >= 15 is 0 Å². The van der Waals surface area contributed by atoms with Crippen molar-refractivity contribution in [3.8, 4) is 11.3 Å². The Morgan fingerprint density at radius 1 is 1.13 bits per heavy atom. The molecule has 0 bridgehead atoms. The second kappa shape index (κ2) is 10.9. The molecule has 2 aliphatic rings. The molecule has 2 fully saturated rings. The van der Waals surface area contributed by atoms with E-state index in [1.165, 1.54) is 28.5 Å². The Kier molecular flexibility index (Phi) is 7.57. The van der Waals surface area contributed by atoms with E-state index in [2.05, 4.69) is 77.5 Å². The van der Waals surface area contributed by atoms with Gasteiger partial charge in [0.15, 0.2) is 5.49 Å². The summed E-state index contributed by atoms with van der Waals surface area (Å²) < 4.78 is 1.78. The van der Waals surface area contributed by atoms with Crippen LogP contribution in [0.4, 0.5) is 0 Å². The van der Waals surface area contributed by atoms with Crippen molar-refractivity contribution in [2.75, 3.05) is 39.8 Å². The molecule has 0 saturated carbocycles. The molecule has 0 aliphatic carbocycles. The minimum Gasteiger partial charge on any atom is -0.354 e. The number of aromatic nitrogens is 2. The van der Waals surface area contributed by atoms with Crippen LogP contribution in [0.2, 0.25) is 0 Å². The van der Waals surface area contributed by atoms with E-state index < -0.39 is 0 Å². The lowest BCUT2D eigenvalue weighted by Crippen LogP contribution is -2.42. The van der Waals surface area contributed by atoms with E-state index in [-0.39, 0.29) is 0 Å². The van der Waals surface area contributed by atoms with Crippen molar-refractivity contribution in [1.82, 2.24) is 19.5 Å². The van der Waals surface area contributed by atoms with Crippen molar-refractivity contribution in [2.45, 2.75) is 65.2 Å². The molecule has 0 radical (unpaired) electrons. The number of carbonyl (C=O) groups is 1. The lowest BCUT2D eigenvalue weighted by molar-refractivity contribution is -0.132. The number of rotatable bonds is 7. The third kappa shape index (κ3) is 4.84. The highest BCUT2D eigenvalue weighted by Gasteiger charge is 2.26. The van der Waals surface area contributed by atoms with Crippen LogP contribution >= 0.6 is 0 Å². The minimum absolute atomic E-state index is 0.321. The fourth-order valence-corrected chi connectivity index (χ4v) is 6.23. The Bertz CT molecular complexity index is 1420. The zero-order valence-corrected chi connectivity index (χ0v) is 23.7. The Morgan fingerprint density at radius 3 is 2.47 bits per heavy atom. The van der Waals surface area contributed by atoms with E-state index in [1.807, 2.05) is 6.20 Å². The van der Waals surface area contributed by atoms with Gasteiger partial charge in [0.2, 0.25) is 5.91 Å². The molecule has 38 heavy (non-hydrogen) atoms. The number of amides is 1. The van der Waals surface area contributed by atoms with Crippen molar-refractivity contribution in [1.29, 1.82) is 0 Å². The number of pyridine rings is 1. The fourth-order valence-electron chi connectivity index (χ4n) is 6.23. The minimum atomic E-state index is 0.321. The molecule has 7 heteroatoms. The van der Waals surface area contributed by atoms with Crippen LogP contribution < -0.4 is 5.49 Å². The zero-order valence-electron chi connectivity index (χ0n) is 23.7. The summed E-state index contributed by atoms with van der Waals surface area (Å²) >= 11 is 0. The molecule has 0 unspecified atom stereocenters. The molecule has 1 aromatic carbocycles. The number of carbonyl (C=O) groups excluding carboxylic acids is 1. The zero-order chi connectivity index (χ0) is 27.0. The van der Waals surface area contributed by atoms with Crippen LogP contribution in [-0.4, -0.2) is 71.9 Å². The highest BCUT2D eigenvalue weighted by Crippen LogP contribution is 2.39. The molecule has 2 aromatic heterocycles. The number of nitrogens with one attached hydrogen (secondary N) is 1. The number of nitrogens with zero attached hydrogens (tertiary/aromatic N) is 5. The molecule has 5 rings (SSSR count). The van der Waals surface area contributed by atoms with Crippen molar-refractivity contribution < 1.29 is 4.79 Å². The van der Waals surface area contributed by atoms with Gasteiger partial charge in [-0.15, -0.1) is 0 Å². The quantitative estimate of drug-likeness (QED) is 0.442. The third-order valence-electron chi connectivity index (χ3n) is 8.75. The predicted molar refractivity (Wildman–Crippen MR) is 156 cm³/mol. The summed E-state index contributed by atoms with van der Waals surface area (Å²) in [7, 11) is 1.79. The van der Waals surface area contributed by atoms with Gasteiger partial charge in [-0.2, -0.15) is 5.10 Å². The van der Waals surface area contributed by atoms with Crippen molar-refractivity contribution in [3.05, 3.63) is 52.1 Å². The molecule has 3 aromatic rings. The van der Waals surface area contributed by atoms with Crippen LogP contribution in [0.5, 0.6) is 0 Å². The highest BCUT2D eigenvalue weighted by molar-refractivity contribution is 5.92. The maximum atomic E-state index is 12.7. The van der Waals surface area contributed by atoms with Crippen molar-refractivity contribution in [2.24, 2.45) is 10.1 Å². The summed E-state index contributed by atoms with van der Waals surface area (Å²) in [6, 6.07) is 6.91. The van der Waals surface area contributed by atoms with Gasteiger partial charge in [-0.1, -0.05) is 19.9 Å². The average molecular weight is 515 g/mol. The molecule has 1 N–H and O–H groups in total. The lowest BCUT2D eigenvalue weighted by atomic mass is 9.87. The average Bonchev–Trinajstić information content (AvgIpc) is 3.28. The van der Waals surface area contributed by atoms with Crippen LogP contribution in [0.1, 0.15) is 73.6 Å². The normalized spacial score (nSPS) is 17.4. The summed E-state index contributed by atoms with van der Waals surface area (Å²) in [4.78, 5) is 25.4. The van der Waals surface area contributed by atoms with Gasteiger partial charge in [0.1, 0.15) is 0 Å². The molecule has 1 amide bonds. The van der Waals surface area contributed by atoms with Crippen LogP contribution in [0.15, 0.2) is 34.5 Å².